The summed E-state index contributed by atoms with van der Waals surface area (Å²) in [6.07, 6.45) is 2.08. The van der Waals surface area contributed by atoms with Gasteiger partial charge in [-0.1, -0.05) is 30.3 Å². The van der Waals surface area contributed by atoms with E-state index in [9.17, 15) is 4.79 Å². The van der Waals surface area contributed by atoms with Crippen LogP contribution in [0.2, 0.25) is 0 Å². The Morgan fingerprint density at radius 3 is 2.86 bits per heavy atom. The Bertz CT molecular complexity index is 452. The van der Waals surface area contributed by atoms with Gasteiger partial charge >= 0.3 is 6.09 Å². The maximum atomic E-state index is 12.3. The van der Waals surface area contributed by atoms with Crippen molar-refractivity contribution in [3.8, 4) is 0 Å². The fourth-order valence-electron chi connectivity index (χ4n) is 2.96. The van der Waals surface area contributed by atoms with E-state index in [1.807, 2.05) is 37.3 Å². The summed E-state index contributed by atoms with van der Waals surface area (Å²) in [5.74, 6) is 0. The Hall–Kier alpha value is -1.59. The number of nitrogens with two attached hydrogens (primary N) is 1. The van der Waals surface area contributed by atoms with Gasteiger partial charge in [-0.15, -0.1) is 0 Å². The van der Waals surface area contributed by atoms with E-state index in [0.717, 1.165) is 31.6 Å². The molecule has 0 bridgehead atoms. The van der Waals surface area contributed by atoms with Gasteiger partial charge in [0.05, 0.1) is 0 Å². The minimum atomic E-state index is -0.231. The lowest BCUT2D eigenvalue weighted by Gasteiger charge is -2.29. The first kappa shape index (κ1) is 16.8. The molecule has 2 N–H and O–H groups in total. The summed E-state index contributed by atoms with van der Waals surface area (Å²) >= 11 is 0. The summed E-state index contributed by atoms with van der Waals surface area (Å²) in [5, 5.41) is 0. The molecule has 0 aromatic heterocycles. The van der Waals surface area contributed by atoms with Crippen molar-refractivity contribution >= 4 is 6.09 Å². The molecule has 0 saturated carbocycles. The van der Waals surface area contributed by atoms with E-state index >= 15 is 0 Å². The highest BCUT2D eigenvalue weighted by Gasteiger charge is 2.27. The van der Waals surface area contributed by atoms with Crippen LogP contribution in [0.15, 0.2) is 30.3 Å². The number of rotatable bonds is 7. The van der Waals surface area contributed by atoms with Crippen LogP contribution >= 0.6 is 0 Å². The fraction of sp³-hybridized carbons (Fsp3) is 0.588. The lowest BCUT2D eigenvalue weighted by atomic mass is 10.2. The quantitative estimate of drug-likeness (QED) is 0.838. The second-order valence-electron chi connectivity index (χ2n) is 5.70. The zero-order valence-corrected chi connectivity index (χ0v) is 13.4. The van der Waals surface area contributed by atoms with Gasteiger partial charge in [0, 0.05) is 32.2 Å². The van der Waals surface area contributed by atoms with Crippen LogP contribution in [0.25, 0.3) is 0 Å². The number of likely N-dealkylation sites (tertiary alicyclic amines) is 1. The van der Waals surface area contributed by atoms with Crippen molar-refractivity contribution in [1.29, 1.82) is 0 Å². The molecule has 1 aliphatic heterocycles. The summed E-state index contributed by atoms with van der Waals surface area (Å²) in [5.41, 5.74) is 6.67. The van der Waals surface area contributed by atoms with Gasteiger partial charge in [0.15, 0.2) is 0 Å². The molecule has 0 spiro atoms. The number of nitrogens with zero attached hydrogens (tertiary/aromatic N) is 2. The summed E-state index contributed by atoms with van der Waals surface area (Å²) in [7, 11) is 0. The maximum absolute atomic E-state index is 12.3. The topological polar surface area (TPSA) is 58.8 Å². The van der Waals surface area contributed by atoms with Crippen molar-refractivity contribution in [1.82, 2.24) is 9.80 Å². The maximum Gasteiger partial charge on any atom is 0.410 e. The highest BCUT2D eigenvalue weighted by molar-refractivity contribution is 5.67. The minimum Gasteiger partial charge on any atom is -0.445 e. The Balaban J connectivity index is 1.83. The number of likely N-dealkylation sites (N-methyl/N-ethyl adjacent to an activating group) is 1. The zero-order valence-electron chi connectivity index (χ0n) is 13.4. The first-order valence-corrected chi connectivity index (χ1v) is 8.14. The predicted molar refractivity (Wildman–Crippen MR) is 87.5 cm³/mol. The molecule has 2 rings (SSSR count). The zero-order chi connectivity index (χ0) is 15.8. The fourth-order valence-corrected chi connectivity index (χ4v) is 2.96. The monoisotopic (exact) mass is 305 g/mol. The van der Waals surface area contributed by atoms with Gasteiger partial charge in [-0.05, 0) is 31.9 Å². The van der Waals surface area contributed by atoms with Gasteiger partial charge in [-0.2, -0.15) is 0 Å². The van der Waals surface area contributed by atoms with Gasteiger partial charge in [-0.3, -0.25) is 4.90 Å². The number of benzene rings is 1. The van der Waals surface area contributed by atoms with Crippen LogP contribution in [0.1, 0.15) is 25.3 Å². The Labute approximate surface area is 133 Å². The van der Waals surface area contributed by atoms with Crippen molar-refractivity contribution < 1.29 is 9.53 Å². The lowest BCUT2D eigenvalue weighted by molar-refractivity contribution is 0.0872. The second kappa shape index (κ2) is 8.76. The molecule has 1 unspecified atom stereocenters. The van der Waals surface area contributed by atoms with Crippen LogP contribution in [0.5, 0.6) is 0 Å². The molecule has 1 aromatic rings. The summed E-state index contributed by atoms with van der Waals surface area (Å²) in [6, 6.07) is 10.2. The molecule has 1 aliphatic rings. The average Bonchev–Trinajstić information content (AvgIpc) is 2.98. The van der Waals surface area contributed by atoms with Gasteiger partial charge in [0.25, 0.3) is 0 Å². The van der Waals surface area contributed by atoms with Gasteiger partial charge in [0.1, 0.15) is 6.61 Å². The molecule has 22 heavy (non-hydrogen) atoms. The largest absolute Gasteiger partial charge is 0.445 e. The van der Waals surface area contributed by atoms with Crippen LogP contribution in [0.3, 0.4) is 0 Å². The number of hydrogen-bond acceptors (Lipinski definition) is 4. The van der Waals surface area contributed by atoms with Gasteiger partial charge in [-0.25, -0.2) is 4.79 Å². The van der Waals surface area contributed by atoms with Crippen molar-refractivity contribution in [3.63, 3.8) is 0 Å². The van der Waals surface area contributed by atoms with Crippen molar-refractivity contribution in [3.05, 3.63) is 35.9 Å². The third kappa shape index (κ3) is 4.71. The summed E-state index contributed by atoms with van der Waals surface area (Å²) < 4.78 is 5.43. The van der Waals surface area contributed by atoms with E-state index in [2.05, 4.69) is 4.90 Å². The van der Waals surface area contributed by atoms with Crippen molar-refractivity contribution in [2.75, 3.05) is 32.7 Å². The summed E-state index contributed by atoms with van der Waals surface area (Å²) in [6.45, 7) is 6.37. The number of carbonyl (C=O) groups excluding carboxylic acids is 1. The lowest BCUT2D eigenvalue weighted by Crippen LogP contribution is -2.44. The summed E-state index contributed by atoms with van der Waals surface area (Å²) in [4.78, 5) is 16.4. The SMILES string of the molecule is CCN(CC1CCCN1CCN)C(=O)OCc1ccccc1. The Morgan fingerprint density at radius 2 is 2.18 bits per heavy atom. The molecule has 1 atom stereocenters. The van der Waals surface area contributed by atoms with Crippen LogP contribution in [-0.2, 0) is 11.3 Å². The Morgan fingerprint density at radius 1 is 1.41 bits per heavy atom. The average molecular weight is 305 g/mol. The molecule has 5 nitrogen and oxygen atoms in total. The third-order valence-electron chi connectivity index (χ3n) is 4.19. The normalized spacial score (nSPS) is 18.4. The highest BCUT2D eigenvalue weighted by atomic mass is 16.6. The van der Waals surface area contributed by atoms with Crippen molar-refractivity contribution in [2.24, 2.45) is 5.73 Å². The number of hydrogen-bond donors (Lipinski definition) is 1. The van der Waals surface area contributed by atoms with Crippen LogP contribution in [0.4, 0.5) is 4.79 Å². The predicted octanol–water partition coefficient (Wildman–Crippen LogP) is 2.07. The number of carbonyl (C=O) groups is 1. The van der Waals surface area contributed by atoms with E-state index in [0.29, 0.717) is 25.7 Å². The standard InChI is InChI=1S/C17H27N3O2/c1-2-19(13-16-9-6-11-20(16)12-10-18)17(21)22-14-15-7-4-3-5-8-15/h3-5,7-8,16H,2,6,9-14,18H2,1H3. The molecule has 1 heterocycles. The highest BCUT2D eigenvalue weighted by Crippen LogP contribution is 2.18. The van der Waals surface area contributed by atoms with Gasteiger partial charge < -0.3 is 15.4 Å². The molecule has 1 fully saturated rings. The molecule has 1 saturated heterocycles. The van der Waals surface area contributed by atoms with E-state index in [1.165, 1.54) is 6.42 Å². The number of amides is 1. The first-order chi connectivity index (χ1) is 10.7. The van der Waals surface area contributed by atoms with E-state index < -0.39 is 0 Å². The molecule has 5 heteroatoms. The molecule has 122 valence electrons. The van der Waals surface area contributed by atoms with E-state index in [1.54, 1.807) is 4.90 Å². The molecule has 0 aliphatic carbocycles. The first-order valence-electron chi connectivity index (χ1n) is 8.14. The molecule has 1 aromatic carbocycles. The third-order valence-corrected chi connectivity index (χ3v) is 4.19. The number of ether oxygens (including phenoxy) is 1. The van der Waals surface area contributed by atoms with Crippen molar-refractivity contribution in [2.45, 2.75) is 32.4 Å². The minimum absolute atomic E-state index is 0.231. The van der Waals surface area contributed by atoms with Crippen LogP contribution in [-0.4, -0.2) is 54.7 Å². The van der Waals surface area contributed by atoms with Gasteiger partial charge in [0.2, 0.25) is 0 Å². The Kier molecular flexibility index (Phi) is 6.68. The van der Waals surface area contributed by atoms with E-state index in [4.69, 9.17) is 10.5 Å². The molecule has 1 amide bonds. The van der Waals surface area contributed by atoms with E-state index in [-0.39, 0.29) is 6.09 Å². The molecular formula is C17H27N3O2. The molecule has 0 radical (unpaired) electrons. The second-order valence-corrected chi connectivity index (χ2v) is 5.70. The van der Waals surface area contributed by atoms with Crippen LogP contribution in [0, 0.1) is 0 Å². The smallest absolute Gasteiger partial charge is 0.410 e. The van der Waals surface area contributed by atoms with Crippen LogP contribution < -0.4 is 5.73 Å². The molecular weight excluding hydrogens is 278 g/mol.